The van der Waals surface area contributed by atoms with E-state index in [1.165, 1.54) is 29.3 Å². The average Bonchev–Trinajstić information content (AvgIpc) is 3.15. The summed E-state index contributed by atoms with van der Waals surface area (Å²) in [7, 11) is 0. The molecule has 0 bridgehead atoms. The standard InChI is InChI=1S/C24H22F2N2O3/c25-18-8-4-15(5-9-18)14-17-2-1-3-20-23(17)27-28(21(29)12-13-22(30)31)24(20)16-6-10-19(26)11-7-16/h4-11,14,20,24H,1-3,12-13H2,(H,30,31)/b17-14-. The number of allylic oxidation sites excluding steroid dienone is 1. The Morgan fingerprint density at radius 2 is 1.68 bits per heavy atom. The van der Waals surface area contributed by atoms with E-state index < -0.39 is 12.0 Å². The van der Waals surface area contributed by atoms with Crippen molar-refractivity contribution in [1.82, 2.24) is 5.01 Å². The number of carbonyl (C=O) groups excluding carboxylic acids is 1. The highest BCUT2D eigenvalue weighted by Gasteiger charge is 2.43. The Hall–Kier alpha value is -3.35. The summed E-state index contributed by atoms with van der Waals surface area (Å²) in [6.45, 7) is 0. The minimum atomic E-state index is -1.05. The van der Waals surface area contributed by atoms with E-state index in [0.29, 0.717) is 0 Å². The lowest BCUT2D eigenvalue weighted by Gasteiger charge is -2.29. The van der Waals surface area contributed by atoms with Gasteiger partial charge in [0.1, 0.15) is 11.6 Å². The fourth-order valence-corrected chi connectivity index (χ4v) is 4.29. The molecule has 0 aromatic heterocycles. The molecule has 160 valence electrons. The van der Waals surface area contributed by atoms with Crippen LogP contribution in [0.4, 0.5) is 8.78 Å². The number of amides is 1. The third-order valence-electron chi connectivity index (χ3n) is 5.73. The predicted molar refractivity (Wildman–Crippen MR) is 112 cm³/mol. The number of hydrogen-bond donors (Lipinski definition) is 1. The van der Waals surface area contributed by atoms with Crippen molar-refractivity contribution in [2.75, 3.05) is 0 Å². The highest BCUT2D eigenvalue weighted by Crippen LogP contribution is 2.44. The zero-order chi connectivity index (χ0) is 22.0. The molecule has 0 spiro atoms. The highest BCUT2D eigenvalue weighted by molar-refractivity contribution is 6.08. The summed E-state index contributed by atoms with van der Waals surface area (Å²) in [5.74, 6) is -2.17. The van der Waals surface area contributed by atoms with Crippen LogP contribution >= 0.6 is 0 Å². The lowest BCUT2D eigenvalue weighted by Crippen LogP contribution is -2.32. The summed E-state index contributed by atoms with van der Waals surface area (Å²) >= 11 is 0. The largest absolute Gasteiger partial charge is 0.481 e. The van der Waals surface area contributed by atoms with Crippen molar-refractivity contribution < 1.29 is 23.5 Å². The number of carbonyl (C=O) groups is 2. The Balaban J connectivity index is 1.70. The molecule has 2 unspecified atom stereocenters. The van der Waals surface area contributed by atoms with Crippen LogP contribution in [0, 0.1) is 17.6 Å². The maximum atomic E-state index is 13.5. The number of rotatable bonds is 5. The second-order valence-corrected chi connectivity index (χ2v) is 7.83. The maximum absolute atomic E-state index is 13.5. The fraction of sp³-hybridized carbons (Fsp3) is 0.292. The topological polar surface area (TPSA) is 70.0 Å². The Labute approximate surface area is 178 Å². The quantitative estimate of drug-likeness (QED) is 0.738. The van der Waals surface area contributed by atoms with Gasteiger partial charge in [0.25, 0.3) is 0 Å². The van der Waals surface area contributed by atoms with Crippen molar-refractivity contribution in [3.05, 3.63) is 76.9 Å². The Bertz CT molecular complexity index is 1050. The van der Waals surface area contributed by atoms with Crippen molar-refractivity contribution in [1.29, 1.82) is 0 Å². The lowest BCUT2D eigenvalue weighted by atomic mass is 9.77. The van der Waals surface area contributed by atoms with Crippen LogP contribution in [-0.4, -0.2) is 27.7 Å². The Kier molecular flexibility index (Phi) is 5.93. The Morgan fingerprint density at radius 1 is 1.03 bits per heavy atom. The van der Waals surface area contributed by atoms with Gasteiger partial charge in [0.05, 0.1) is 18.2 Å². The van der Waals surface area contributed by atoms with Crippen LogP contribution in [0.3, 0.4) is 0 Å². The molecule has 2 aliphatic rings. The number of carboxylic acid groups (broad SMARTS) is 1. The molecule has 2 atom stereocenters. The normalized spacial score (nSPS) is 21.7. The monoisotopic (exact) mass is 424 g/mol. The molecule has 1 heterocycles. The number of hydrazone groups is 1. The average molecular weight is 424 g/mol. The molecule has 1 saturated carbocycles. The molecule has 1 aliphatic heterocycles. The molecule has 1 N–H and O–H groups in total. The molecule has 0 radical (unpaired) electrons. The third-order valence-corrected chi connectivity index (χ3v) is 5.73. The van der Waals surface area contributed by atoms with Crippen LogP contribution in [-0.2, 0) is 9.59 Å². The van der Waals surface area contributed by atoms with Crippen LogP contribution in [0.25, 0.3) is 6.08 Å². The smallest absolute Gasteiger partial charge is 0.303 e. The van der Waals surface area contributed by atoms with E-state index in [4.69, 9.17) is 5.11 Å². The van der Waals surface area contributed by atoms with Gasteiger partial charge in [-0.1, -0.05) is 24.3 Å². The highest BCUT2D eigenvalue weighted by atomic mass is 19.1. The number of carboxylic acids is 1. The molecule has 0 saturated heterocycles. The van der Waals surface area contributed by atoms with Gasteiger partial charge in [0.2, 0.25) is 5.91 Å². The lowest BCUT2D eigenvalue weighted by molar-refractivity contribution is -0.141. The number of benzene rings is 2. The van der Waals surface area contributed by atoms with Crippen LogP contribution in [0.5, 0.6) is 0 Å². The number of aliphatic carboxylic acids is 1. The molecule has 2 aromatic rings. The maximum Gasteiger partial charge on any atom is 0.303 e. The fourth-order valence-electron chi connectivity index (χ4n) is 4.29. The van der Waals surface area contributed by atoms with Gasteiger partial charge < -0.3 is 5.11 Å². The molecule has 2 aromatic carbocycles. The van der Waals surface area contributed by atoms with Crippen LogP contribution in [0.15, 0.2) is 59.2 Å². The van der Waals surface area contributed by atoms with E-state index in [2.05, 4.69) is 5.10 Å². The zero-order valence-electron chi connectivity index (χ0n) is 16.8. The zero-order valence-corrected chi connectivity index (χ0v) is 16.8. The van der Waals surface area contributed by atoms with E-state index >= 15 is 0 Å². The molecule has 5 nitrogen and oxygen atoms in total. The minimum Gasteiger partial charge on any atom is -0.481 e. The van der Waals surface area contributed by atoms with E-state index in [1.807, 2.05) is 6.08 Å². The first kappa shape index (κ1) is 20.9. The number of hydrogen-bond acceptors (Lipinski definition) is 3. The summed E-state index contributed by atoms with van der Waals surface area (Å²) < 4.78 is 26.8. The summed E-state index contributed by atoms with van der Waals surface area (Å²) in [5, 5.41) is 15.0. The molecule has 1 fully saturated rings. The van der Waals surface area contributed by atoms with Gasteiger partial charge in [-0.2, -0.15) is 5.10 Å². The van der Waals surface area contributed by atoms with Gasteiger partial charge in [0, 0.05) is 12.3 Å². The van der Waals surface area contributed by atoms with Crippen molar-refractivity contribution in [3.63, 3.8) is 0 Å². The number of fused-ring (bicyclic) bond motifs is 1. The first-order valence-corrected chi connectivity index (χ1v) is 10.3. The minimum absolute atomic E-state index is 0.0697. The van der Waals surface area contributed by atoms with Crippen molar-refractivity contribution in [3.8, 4) is 0 Å². The molecular formula is C24H22F2N2O3. The second kappa shape index (κ2) is 8.79. The second-order valence-electron chi connectivity index (χ2n) is 7.83. The summed E-state index contributed by atoms with van der Waals surface area (Å²) in [6.07, 6.45) is 4.00. The van der Waals surface area contributed by atoms with Crippen LogP contribution in [0.1, 0.15) is 49.3 Å². The SMILES string of the molecule is O=C(O)CCC(=O)N1N=C2/C(=C\c3ccc(F)cc3)CCCC2C1c1ccc(F)cc1. The molecule has 1 amide bonds. The van der Waals surface area contributed by atoms with Gasteiger partial charge in [-0.25, -0.2) is 13.8 Å². The number of halogens is 2. The van der Waals surface area contributed by atoms with E-state index in [1.54, 1.807) is 24.3 Å². The van der Waals surface area contributed by atoms with Gasteiger partial charge in [0.15, 0.2) is 0 Å². The number of nitrogens with zero attached hydrogens (tertiary/aromatic N) is 2. The molecular weight excluding hydrogens is 402 g/mol. The van der Waals surface area contributed by atoms with Gasteiger partial charge in [-0.05, 0) is 66.3 Å². The van der Waals surface area contributed by atoms with Crippen molar-refractivity contribution >= 4 is 23.7 Å². The van der Waals surface area contributed by atoms with Gasteiger partial charge in [-0.15, -0.1) is 0 Å². The van der Waals surface area contributed by atoms with E-state index in [-0.39, 0.29) is 36.3 Å². The molecule has 4 rings (SSSR count). The third kappa shape index (κ3) is 4.55. The van der Waals surface area contributed by atoms with E-state index in [0.717, 1.165) is 41.7 Å². The van der Waals surface area contributed by atoms with Gasteiger partial charge in [-0.3, -0.25) is 9.59 Å². The predicted octanol–water partition coefficient (Wildman–Crippen LogP) is 4.95. The van der Waals surface area contributed by atoms with Gasteiger partial charge >= 0.3 is 5.97 Å². The molecule has 1 aliphatic carbocycles. The summed E-state index contributed by atoms with van der Waals surface area (Å²) in [4.78, 5) is 23.8. The van der Waals surface area contributed by atoms with Crippen molar-refractivity contribution in [2.24, 2.45) is 11.0 Å². The first-order chi connectivity index (χ1) is 14.9. The summed E-state index contributed by atoms with van der Waals surface area (Å²) in [5.41, 5.74) is 3.36. The molecule has 31 heavy (non-hydrogen) atoms. The molecule has 7 heteroatoms. The Morgan fingerprint density at radius 3 is 2.32 bits per heavy atom. The van der Waals surface area contributed by atoms with Crippen molar-refractivity contribution in [2.45, 2.75) is 38.1 Å². The first-order valence-electron chi connectivity index (χ1n) is 10.3. The summed E-state index contributed by atoms with van der Waals surface area (Å²) in [6, 6.07) is 11.8. The van der Waals surface area contributed by atoms with E-state index in [9.17, 15) is 18.4 Å². The van der Waals surface area contributed by atoms with Crippen LogP contribution < -0.4 is 0 Å². The van der Waals surface area contributed by atoms with Crippen LogP contribution in [0.2, 0.25) is 0 Å².